The minimum Gasteiger partial charge on any atom is -0.508 e. The van der Waals surface area contributed by atoms with Gasteiger partial charge >= 0.3 is 0 Å². The number of phenols is 1. The molecule has 170 valence electrons. The van der Waals surface area contributed by atoms with Gasteiger partial charge in [0.2, 0.25) is 0 Å². The molecule has 2 heterocycles. The maximum Gasteiger partial charge on any atom is 0.270 e. The van der Waals surface area contributed by atoms with E-state index in [9.17, 15) is 14.7 Å². The molecule has 3 aromatic rings. The quantitative estimate of drug-likeness (QED) is 0.460. The van der Waals surface area contributed by atoms with Crippen LogP contribution in [0.3, 0.4) is 0 Å². The molecule has 0 bridgehead atoms. The summed E-state index contributed by atoms with van der Waals surface area (Å²) >= 11 is 6.20. The number of benzene rings is 2. The first kappa shape index (κ1) is 21.2. The molecule has 8 nitrogen and oxygen atoms in total. The Labute approximate surface area is 194 Å². The molecule has 2 aliphatic rings. The zero-order valence-corrected chi connectivity index (χ0v) is 18.7. The third-order valence-corrected chi connectivity index (χ3v) is 6.59. The van der Waals surface area contributed by atoms with Crippen LogP contribution in [0.2, 0.25) is 5.02 Å². The molecule has 2 atom stereocenters. The predicted octanol–water partition coefficient (Wildman–Crippen LogP) is 4.04. The van der Waals surface area contributed by atoms with E-state index in [-0.39, 0.29) is 29.4 Å². The highest BCUT2D eigenvalue weighted by Gasteiger charge is 2.41. The van der Waals surface area contributed by atoms with E-state index in [1.807, 2.05) is 18.2 Å². The Morgan fingerprint density at radius 2 is 1.79 bits per heavy atom. The van der Waals surface area contributed by atoms with Gasteiger partial charge in [0.25, 0.3) is 5.56 Å². The monoisotopic (exact) mass is 467 g/mol. The Morgan fingerprint density at radius 3 is 2.55 bits per heavy atom. The number of hydrogen-bond acceptors (Lipinski definition) is 6. The standard InChI is InChI=1S/C24H22ClN3O5/c1-32-18-6-3-11(9-19(18)33-2)12-7-15-21(17(30)8-12)20(14-10-13(25)4-5-16(14)29)22-23(26-15)27-28-24(22)31/h3-6,9-10,12,20,29H,7-8H2,1-2H3,(H3,26,27,28,31)/t12-,20-/m0/s1. The first-order valence-corrected chi connectivity index (χ1v) is 10.8. The number of carbonyl (C=O) groups is 1. The Balaban J connectivity index is 1.61. The average molecular weight is 468 g/mol. The van der Waals surface area contributed by atoms with Crippen LogP contribution in [0.5, 0.6) is 17.2 Å². The fourth-order valence-corrected chi connectivity index (χ4v) is 5.01. The van der Waals surface area contributed by atoms with Crippen LogP contribution in [0, 0.1) is 0 Å². The van der Waals surface area contributed by atoms with Crippen molar-refractivity contribution in [3.63, 3.8) is 0 Å². The van der Waals surface area contributed by atoms with Gasteiger partial charge in [0.15, 0.2) is 17.3 Å². The summed E-state index contributed by atoms with van der Waals surface area (Å²) in [6.07, 6.45) is 0.798. The van der Waals surface area contributed by atoms with Crippen molar-refractivity contribution in [3.05, 3.63) is 79.7 Å². The molecule has 5 rings (SSSR count). The minimum atomic E-state index is -0.733. The van der Waals surface area contributed by atoms with Crippen molar-refractivity contribution in [1.29, 1.82) is 0 Å². The minimum absolute atomic E-state index is 0.0282. The summed E-state index contributed by atoms with van der Waals surface area (Å²) in [5, 5.41) is 19.7. The second-order valence-corrected chi connectivity index (χ2v) is 8.60. The van der Waals surface area contributed by atoms with E-state index in [0.29, 0.717) is 51.2 Å². The maximum atomic E-state index is 13.5. The molecule has 1 aliphatic carbocycles. The van der Waals surface area contributed by atoms with E-state index in [4.69, 9.17) is 21.1 Å². The van der Waals surface area contributed by atoms with Crippen LogP contribution < -0.4 is 20.3 Å². The molecule has 0 radical (unpaired) electrons. The molecule has 0 unspecified atom stereocenters. The van der Waals surface area contributed by atoms with Gasteiger partial charge in [-0.1, -0.05) is 17.7 Å². The van der Waals surface area contributed by atoms with Gasteiger partial charge in [-0.05, 0) is 48.2 Å². The number of phenolic OH excluding ortho intramolecular Hbond substituents is 1. The molecular weight excluding hydrogens is 446 g/mol. The summed E-state index contributed by atoms with van der Waals surface area (Å²) in [7, 11) is 3.15. The van der Waals surface area contributed by atoms with Gasteiger partial charge < -0.3 is 19.9 Å². The summed E-state index contributed by atoms with van der Waals surface area (Å²) < 4.78 is 10.8. The number of halogens is 1. The van der Waals surface area contributed by atoms with E-state index in [0.717, 1.165) is 5.56 Å². The Bertz CT molecular complexity index is 1360. The number of aromatic hydroxyl groups is 1. The predicted molar refractivity (Wildman–Crippen MR) is 124 cm³/mol. The second-order valence-electron chi connectivity index (χ2n) is 8.16. The van der Waals surface area contributed by atoms with E-state index in [1.165, 1.54) is 6.07 Å². The molecule has 4 N–H and O–H groups in total. The van der Waals surface area contributed by atoms with Crippen molar-refractivity contribution in [2.45, 2.75) is 24.7 Å². The molecule has 0 fully saturated rings. The van der Waals surface area contributed by atoms with Crippen molar-refractivity contribution in [3.8, 4) is 17.2 Å². The largest absolute Gasteiger partial charge is 0.508 e. The number of Topliss-reactive ketones (excluding diaryl/α,β-unsaturated/α-hetero) is 1. The molecule has 1 aromatic heterocycles. The molecule has 0 spiro atoms. The SMILES string of the molecule is COc1ccc([C@@H]2CC(=O)C3=C(C2)Nc2[nH][nH]c(=O)c2[C@H]3c2cc(Cl)ccc2O)cc1OC. The molecular formula is C24H22ClN3O5. The lowest BCUT2D eigenvalue weighted by atomic mass is 9.72. The van der Waals surface area contributed by atoms with E-state index >= 15 is 0 Å². The van der Waals surface area contributed by atoms with E-state index in [1.54, 1.807) is 26.4 Å². The molecule has 0 saturated heterocycles. The van der Waals surface area contributed by atoms with Gasteiger partial charge in [0.1, 0.15) is 11.6 Å². The van der Waals surface area contributed by atoms with Crippen LogP contribution in [0.4, 0.5) is 5.82 Å². The normalized spacial score (nSPS) is 19.5. The smallest absolute Gasteiger partial charge is 0.270 e. The van der Waals surface area contributed by atoms with E-state index in [2.05, 4.69) is 15.5 Å². The molecule has 0 saturated carbocycles. The zero-order valence-electron chi connectivity index (χ0n) is 18.0. The number of ketones is 1. The highest BCUT2D eigenvalue weighted by Crippen LogP contribution is 2.49. The Kier molecular flexibility index (Phi) is 5.17. The van der Waals surface area contributed by atoms with E-state index < -0.39 is 5.92 Å². The van der Waals surface area contributed by atoms with Gasteiger partial charge in [0.05, 0.1) is 25.7 Å². The van der Waals surface area contributed by atoms with Crippen LogP contribution in [-0.4, -0.2) is 35.3 Å². The Morgan fingerprint density at radius 1 is 1.00 bits per heavy atom. The number of rotatable bonds is 4. The summed E-state index contributed by atoms with van der Waals surface area (Å²) in [6.45, 7) is 0. The number of ether oxygens (including phenoxy) is 2. The number of hydrogen-bond donors (Lipinski definition) is 4. The summed E-state index contributed by atoms with van der Waals surface area (Å²) in [4.78, 5) is 26.2. The third-order valence-electron chi connectivity index (χ3n) is 6.36. The van der Waals surface area contributed by atoms with Crippen LogP contribution in [0.1, 0.15) is 41.4 Å². The maximum absolute atomic E-state index is 13.5. The molecule has 1 aliphatic heterocycles. The number of fused-ring (bicyclic) bond motifs is 1. The number of methoxy groups -OCH3 is 2. The number of anilines is 1. The number of aromatic amines is 2. The number of carbonyl (C=O) groups excluding carboxylic acids is 1. The lowest BCUT2D eigenvalue weighted by Crippen LogP contribution is -2.31. The van der Waals surface area contributed by atoms with Crippen molar-refractivity contribution in [2.75, 3.05) is 19.5 Å². The summed E-state index contributed by atoms with van der Waals surface area (Å²) in [5.74, 6) is 0.735. The molecule has 0 amide bonds. The number of aromatic nitrogens is 2. The molecule has 9 heteroatoms. The Hall–Kier alpha value is -3.65. The lowest BCUT2D eigenvalue weighted by Gasteiger charge is -2.35. The van der Waals surface area contributed by atoms with Crippen molar-refractivity contribution < 1.29 is 19.4 Å². The zero-order chi connectivity index (χ0) is 23.3. The topological polar surface area (TPSA) is 116 Å². The van der Waals surface area contributed by atoms with Crippen LogP contribution >= 0.6 is 11.6 Å². The van der Waals surface area contributed by atoms with Gasteiger partial charge in [-0.3, -0.25) is 19.8 Å². The summed E-state index contributed by atoms with van der Waals surface area (Å²) in [6, 6.07) is 10.3. The lowest BCUT2D eigenvalue weighted by molar-refractivity contribution is -0.116. The highest BCUT2D eigenvalue weighted by molar-refractivity contribution is 6.30. The fourth-order valence-electron chi connectivity index (χ4n) is 4.83. The number of H-pyrrole nitrogens is 2. The van der Waals surface area contributed by atoms with Crippen LogP contribution in [0.25, 0.3) is 0 Å². The first-order chi connectivity index (χ1) is 15.9. The van der Waals surface area contributed by atoms with Gasteiger partial charge in [-0.15, -0.1) is 0 Å². The summed E-state index contributed by atoms with van der Waals surface area (Å²) in [5.41, 5.74) is 2.54. The fraction of sp³-hybridized carbons (Fsp3) is 0.250. The van der Waals surface area contributed by atoms with Gasteiger partial charge in [-0.25, -0.2) is 0 Å². The number of allylic oxidation sites excluding steroid dienone is 2. The highest BCUT2D eigenvalue weighted by atomic mass is 35.5. The van der Waals surface area contributed by atoms with Gasteiger partial charge in [0, 0.05) is 28.3 Å². The molecule has 33 heavy (non-hydrogen) atoms. The van der Waals surface area contributed by atoms with Crippen molar-refractivity contribution in [2.24, 2.45) is 0 Å². The van der Waals surface area contributed by atoms with Gasteiger partial charge in [-0.2, -0.15) is 0 Å². The third kappa shape index (κ3) is 3.47. The number of nitrogens with one attached hydrogen (secondary N) is 3. The van der Waals surface area contributed by atoms with Crippen LogP contribution in [0.15, 0.2) is 52.5 Å². The van der Waals surface area contributed by atoms with Crippen molar-refractivity contribution in [1.82, 2.24) is 10.2 Å². The molecule has 2 aromatic carbocycles. The second kappa shape index (κ2) is 8.04. The first-order valence-electron chi connectivity index (χ1n) is 10.4. The van der Waals surface area contributed by atoms with Crippen molar-refractivity contribution >= 4 is 23.2 Å². The van der Waals surface area contributed by atoms with Crippen LogP contribution in [-0.2, 0) is 4.79 Å². The average Bonchev–Trinajstić information content (AvgIpc) is 3.19.